The molecule has 2 N–H and O–H groups in total. The SMILES string of the molecule is Cl.Cn1cc([C@H]2CNC[C@@H]2C(=O)NC(C)(C)Cc2ccc(Cl)cc2Cl)cn1. The minimum absolute atomic E-state index is 0. The summed E-state index contributed by atoms with van der Waals surface area (Å²) in [5.41, 5.74) is 1.64. The number of rotatable bonds is 5. The quantitative estimate of drug-likeness (QED) is 0.760. The molecule has 0 spiro atoms. The first-order chi connectivity index (χ1) is 12.2. The molecule has 148 valence electrons. The molecule has 2 heterocycles. The van der Waals surface area contributed by atoms with E-state index in [4.69, 9.17) is 23.2 Å². The maximum atomic E-state index is 12.9. The molecule has 2 aromatic rings. The van der Waals surface area contributed by atoms with Gasteiger partial charge in [0.05, 0.1) is 12.1 Å². The standard InChI is InChI=1S/C19H24Cl2N4O.ClH/c1-19(2,7-12-4-5-14(20)6-17(12)21)24-18(26)16-10-22-9-15(16)13-8-23-25(3)11-13;/h4-6,8,11,15-16,22H,7,9-10H2,1-3H3,(H,24,26);1H/t15-,16+;/m1./s1. The Hall–Kier alpha value is -1.27. The fourth-order valence-electron chi connectivity index (χ4n) is 3.55. The molecular formula is C19H25Cl3N4O. The molecule has 0 radical (unpaired) electrons. The number of carbonyl (C=O) groups excluding carboxylic acids is 1. The third-order valence-electron chi connectivity index (χ3n) is 4.81. The topological polar surface area (TPSA) is 59.0 Å². The number of carbonyl (C=O) groups is 1. The van der Waals surface area contributed by atoms with Gasteiger partial charge in [-0.1, -0.05) is 29.3 Å². The van der Waals surface area contributed by atoms with Crippen LogP contribution >= 0.6 is 35.6 Å². The summed E-state index contributed by atoms with van der Waals surface area (Å²) in [6.45, 7) is 5.48. The van der Waals surface area contributed by atoms with E-state index in [9.17, 15) is 4.79 Å². The Labute approximate surface area is 176 Å². The molecule has 0 saturated carbocycles. The monoisotopic (exact) mass is 430 g/mol. The maximum Gasteiger partial charge on any atom is 0.225 e. The van der Waals surface area contributed by atoms with Crippen LogP contribution in [0.4, 0.5) is 0 Å². The highest BCUT2D eigenvalue weighted by Crippen LogP contribution is 2.29. The Balaban J connectivity index is 0.00000261. The van der Waals surface area contributed by atoms with Crippen LogP contribution in [0.1, 0.15) is 30.9 Å². The minimum atomic E-state index is -0.420. The second-order valence-corrected chi connectivity index (χ2v) is 8.45. The summed E-state index contributed by atoms with van der Waals surface area (Å²) in [6, 6.07) is 5.46. The van der Waals surface area contributed by atoms with E-state index in [0.29, 0.717) is 23.0 Å². The van der Waals surface area contributed by atoms with Gasteiger partial charge in [-0.25, -0.2) is 0 Å². The number of halogens is 3. The average molecular weight is 432 g/mol. The van der Waals surface area contributed by atoms with Crippen molar-refractivity contribution in [2.75, 3.05) is 13.1 Å². The number of amides is 1. The zero-order valence-electron chi connectivity index (χ0n) is 15.6. The van der Waals surface area contributed by atoms with Crippen LogP contribution in [0.5, 0.6) is 0 Å². The number of hydrogen-bond donors (Lipinski definition) is 2. The van der Waals surface area contributed by atoms with Crippen molar-refractivity contribution in [1.29, 1.82) is 0 Å². The van der Waals surface area contributed by atoms with Gasteiger partial charge >= 0.3 is 0 Å². The fraction of sp³-hybridized carbons (Fsp3) is 0.474. The van der Waals surface area contributed by atoms with Crippen LogP contribution in [-0.2, 0) is 18.3 Å². The zero-order chi connectivity index (χ0) is 18.9. The van der Waals surface area contributed by atoms with Crippen molar-refractivity contribution in [3.05, 3.63) is 51.8 Å². The van der Waals surface area contributed by atoms with E-state index in [1.807, 2.05) is 45.4 Å². The van der Waals surface area contributed by atoms with Gasteiger partial charge in [-0.3, -0.25) is 9.48 Å². The predicted molar refractivity (Wildman–Crippen MR) is 112 cm³/mol. The first-order valence-electron chi connectivity index (χ1n) is 8.70. The van der Waals surface area contributed by atoms with Gasteiger partial charge in [-0.15, -0.1) is 12.4 Å². The molecule has 1 aromatic carbocycles. The molecular weight excluding hydrogens is 407 g/mol. The van der Waals surface area contributed by atoms with Gasteiger partial charge in [0.1, 0.15) is 0 Å². The lowest BCUT2D eigenvalue weighted by atomic mass is 9.88. The van der Waals surface area contributed by atoms with Crippen molar-refractivity contribution in [2.45, 2.75) is 31.7 Å². The van der Waals surface area contributed by atoms with Crippen LogP contribution in [0.25, 0.3) is 0 Å². The minimum Gasteiger partial charge on any atom is -0.351 e. The number of aryl methyl sites for hydroxylation is 1. The number of aromatic nitrogens is 2. The van der Waals surface area contributed by atoms with Gasteiger partial charge < -0.3 is 10.6 Å². The lowest BCUT2D eigenvalue weighted by molar-refractivity contribution is -0.126. The molecule has 1 saturated heterocycles. The lowest BCUT2D eigenvalue weighted by Crippen LogP contribution is -2.48. The molecule has 1 amide bonds. The van der Waals surface area contributed by atoms with E-state index in [2.05, 4.69) is 15.7 Å². The fourth-order valence-corrected chi connectivity index (χ4v) is 4.02. The van der Waals surface area contributed by atoms with Crippen LogP contribution in [0, 0.1) is 5.92 Å². The van der Waals surface area contributed by atoms with Crippen molar-refractivity contribution in [3.8, 4) is 0 Å². The van der Waals surface area contributed by atoms with Crippen LogP contribution < -0.4 is 10.6 Å². The molecule has 0 unspecified atom stereocenters. The Bertz CT molecular complexity index is 806. The normalized spacial score (nSPS) is 19.6. The molecule has 8 heteroatoms. The van der Waals surface area contributed by atoms with Gasteiger partial charge in [0.25, 0.3) is 0 Å². The largest absolute Gasteiger partial charge is 0.351 e. The van der Waals surface area contributed by atoms with Gasteiger partial charge in [0.15, 0.2) is 0 Å². The van der Waals surface area contributed by atoms with E-state index in [1.165, 1.54) is 0 Å². The summed E-state index contributed by atoms with van der Waals surface area (Å²) in [5, 5.41) is 12.0. The second-order valence-electron chi connectivity index (χ2n) is 7.60. The summed E-state index contributed by atoms with van der Waals surface area (Å²) in [6.07, 6.45) is 4.46. The van der Waals surface area contributed by atoms with Gasteiger partial charge in [0.2, 0.25) is 5.91 Å². The Morgan fingerprint density at radius 2 is 2.11 bits per heavy atom. The molecule has 0 bridgehead atoms. The highest BCUT2D eigenvalue weighted by Gasteiger charge is 2.36. The summed E-state index contributed by atoms with van der Waals surface area (Å²) < 4.78 is 1.77. The van der Waals surface area contributed by atoms with Crippen molar-refractivity contribution in [2.24, 2.45) is 13.0 Å². The summed E-state index contributed by atoms with van der Waals surface area (Å²) in [5.74, 6) is 0.0803. The van der Waals surface area contributed by atoms with Gasteiger partial charge in [0, 0.05) is 47.8 Å². The molecule has 2 atom stereocenters. The van der Waals surface area contributed by atoms with E-state index in [0.717, 1.165) is 17.7 Å². The summed E-state index contributed by atoms with van der Waals surface area (Å²) in [4.78, 5) is 12.9. The van der Waals surface area contributed by atoms with Crippen LogP contribution in [0.3, 0.4) is 0 Å². The molecule has 0 aliphatic carbocycles. The van der Waals surface area contributed by atoms with E-state index < -0.39 is 5.54 Å². The van der Waals surface area contributed by atoms with E-state index in [1.54, 1.807) is 10.7 Å². The summed E-state index contributed by atoms with van der Waals surface area (Å²) >= 11 is 12.3. The van der Waals surface area contributed by atoms with Crippen LogP contribution in [0.2, 0.25) is 10.0 Å². The van der Waals surface area contributed by atoms with Crippen LogP contribution in [-0.4, -0.2) is 34.3 Å². The summed E-state index contributed by atoms with van der Waals surface area (Å²) in [7, 11) is 1.89. The highest BCUT2D eigenvalue weighted by atomic mass is 35.5. The average Bonchev–Trinajstić information content (AvgIpc) is 3.18. The molecule has 3 rings (SSSR count). The molecule has 1 aliphatic heterocycles. The Morgan fingerprint density at radius 3 is 2.74 bits per heavy atom. The number of nitrogens with one attached hydrogen (secondary N) is 2. The van der Waals surface area contributed by atoms with Crippen molar-refractivity contribution < 1.29 is 4.79 Å². The Morgan fingerprint density at radius 1 is 1.37 bits per heavy atom. The smallest absolute Gasteiger partial charge is 0.225 e. The van der Waals surface area contributed by atoms with Crippen LogP contribution in [0.15, 0.2) is 30.6 Å². The first kappa shape index (κ1) is 22.0. The van der Waals surface area contributed by atoms with Crippen molar-refractivity contribution in [1.82, 2.24) is 20.4 Å². The lowest BCUT2D eigenvalue weighted by Gasteiger charge is -2.29. The number of hydrogen-bond acceptors (Lipinski definition) is 3. The van der Waals surface area contributed by atoms with E-state index in [-0.39, 0.29) is 30.2 Å². The molecule has 1 aromatic heterocycles. The Kier molecular flexibility index (Phi) is 7.20. The highest BCUT2D eigenvalue weighted by molar-refractivity contribution is 6.35. The number of benzene rings is 1. The first-order valence-corrected chi connectivity index (χ1v) is 9.46. The third-order valence-corrected chi connectivity index (χ3v) is 5.40. The molecule has 5 nitrogen and oxygen atoms in total. The second kappa shape index (κ2) is 8.82. The molecule has 1 fully saturated rings. The molecule has 27 heavy (non-hydrogen) atoms. The number of nitrogens with zero attached hydrogens (tertiary/aromatic N) is 2. The zero-order valence-corrected chi connectivity index (χ0v) is 18.0. The van der Waals surface area contributed by atoms with Gasteiger partial charge in [-0.05, 0) is 43.5 Å². The predicted octanol–water partition coefficient (Wildman–Crippen LogP) is 3.59. The van der Waals surface area contributed by atoms with E-state index >= 15 is 0 Å². The molecule has 1 aliphatic rings. The van der Waals surface area contributed by atoms with Crippen molar-refractivity contribution in [3.63, 3.8) is 0 Å². The third kappa shape index (κ3) is 5.38. The van der Waals surface area contributed by atoms with Crippen molar-refractivity contribution >= 4 is 41.5 Å². The maximum absolute atomic E-state index is 12.9. The van der Waals surface area contributed by atoms with Gasteiger partial charge in [-0.2, -0.15) is 5.10 Å².